The second-order valence-electron chi connectivity index (χ2n) is 5.15. The molecule has 0 aliphatic heterocycles. The van der Waals surface area contributed by atoms with Gasteiger partial charge in [0.15, 0.2) is 0 Å². The third-order valence-corrected chi connectivity index (χ3v) is 3.66. The van der Waals surface area contributed by atoms with Crippen LogP contribution in [0.3, 0.4) is 0 Å². The Morgan fingerprint density at radius 1 is 0.950 bits per heavy atom. The fraction of sp³-hybridized carbons (Fsp3) is 0.294. The third kappa shape index (κ3) is 4.75. The van der Waals surface area contributed by atoms with Gasteiger partial charge in [-0.05, 0) is 42.9 Å². The zero-order valence-electron chi connectivity index (χ0n) is 12.1. The van der Waals surface area contributed by atoms with E-state index < -0.39 is 0 Å². The van der Waals surface area contributed by atoms with Crippen molar-refractivity contribution in [2.75, 3.05) is 14.1 Å². The Morgan fingerprint density at radius 2 is 1.55 bits per heavy atom. The van der Waals surface area contributed by atoms with Crippen molar-refractivity contribution >= 4 is 15.9 Å². The minimum atomic E-state index is 0.920. The lowest BCUT2D eigenvalue weighted by molar-refractivity contribution is 0.319. The van der Waals surface area contributed by atoms with Crippen molar-refractivity contribution in [2.45, 2.75) is 19.6 Å². The summed E-state index contributed by atoms with van der Waals surface area (Å²) in [4.78, 5) is 2.33. The number of rotatable bonds is 6. The van der Waals surface area contributed by atoms with E-state index >= 15 is 0 Å². The molecule has 0 aliphatic rings. The lowest BCUT2D eigenvalue weighted by atomic mass is 10.1. The number of halogens is 1. The number of nitrogens with zero attached hydrogens (tertiary/aromatic N) is 1. The zero-order valence-corrected chi connectivity index (χ0v) is 13.7. The van der Waals surface area contributed by atoms with Crippen molar-refractivity contribution < 1.29 is 0 Å². The summed E-state index contributed by atoms with van der Waals surface area (Å²) < 4.78 is 1.14. The Labute approximate surface area is 129 Å². The maximum atomic E-state index is 3.52. The monoisotopic (exact) mass is 332 g/mol. The van der Waals surface area contributed by atoms with Crippen molar-refractivity contribution in [3.63, 3.8) is 0 Å². The summed E-state index contributed by atoms with van der Waals surface area (Å²) in [7, 11) is 4.14. The van der Waals surface area contributed by atoms with Crippen LogP contribution < -0.4 is 5.32 Å². The average molecular weight is 333 g/mol. The minimum absolute atomic E-state index is 0.920. The molecule has 106 valence electrons. The van der Waals surface area contributed by atoms with Crippen molar-refractivity contribution in [2.24, 2.45) is 0 Å². The van der Waals surface area contributed by atoms with Gasteiger partial charge in [-0.25, -0.2) is 0 Å². The smallest absolute Gasteiger partial charge is 0.0234 e. The largest absolute Gasteiger partial charge is 0.316 e. The molecule has 0 unspecified atom stereocenters. The van der Waals surface area contributed by atoms with Gasteiger partial charge in [-0.1, -0.05) is 52.3 Å². The van der Waals surface area contributed by atoms with Crippen LogP contribution in [0.25, 0.3) is 0 Å². The molecule has 2 aromatic carbocycles. The van der Waals surface area contributed by atoms with Crippen LogP contribution in [0, 0.1) is 0 Å². The van der Waals surface area contributed by atoms with Crippen molar-refractivity contribution in [3.05, 3.63) is 69.7 Å². The molecule has 0 spiro atoms. The van der Waals surface area contributed by atoms with Crippen LogP contribution >= 0.6 is 15.9 Å². The molecule has 0 aromatic heterocycles. The summed E-state index contributed by atoms with van der Waals surface area (Å²) in [6, 6.07) is 17.2. The predicted octanol–water partition coefficient (Wildman–Crippen LogP) is 3.80. The van der Waals surface area contributed by atoms with Gasteiger partial charge in [-0.3, -0.25) is 4.90 Å². The first-order valence-corrected chi connectivity index (χ1v) is 7.62. The molecule has 3 heteroatoms. The van der Waals surface area contributed by atoms with Crippen molar-refractivity contribution in [1.82, 2.24) is 10.2 Å². The normalized spacial score (nSPS) is 11.0. The van der Waals surface area contributed by atoms with E-state index in [-0.39, 0.29) is 0 Å². The highest BCUT2D eigenvalue weighted by Crippen LogP contribution is 2.14. The van der Waals surface area contributed by atoms with E-state index in [4.69, 9.17) is 0 Å². The molecule has 20 heavy (non-hydrogen) atoms. The highest BCUT2D eigenvalue weighted by atomic mass is 79.9. The van der Waals surface area contributed by atoms with Gasteiger partial charge in [0.1, 0.15) is 0 Å². The number of benzene rings is 2. The van der Waals surface area contributed by atoms with E-state index in [1.165, 1.54) is 16.7 Å². The quantitative estimate of drug-likeness (QED) is 0.865. The Morgan fingerprint density at radius 3 is 2.20 bits per heavy atom. The van der Waals surface area contributed by atoms with Crippen LogP contribution in [-0.2, 0) is 19.6 Å². The summed E-state index contributed by atoms with van der Waals surface area (Å²) in [5.41, 5.74) is 4.02. The molecule has 2 rings (SSSR count). The highest BCUT2D eigenvalue weighted by Gasteiger charge is 2.03. The molecule has 0 saturated heterocycles. The second-order valence-corrected chi connectivity index (χ2v) is 6.07. The van der Waals surface area contributed by atoms with Gasteiger partial charge < -0.3 is 5.32 Å². The number of hydrogen-bond acceptors (Lipinski definition) is 2. The fourth-order valence-electron chi connectivity index (χ4n) is 2.36. The Hall–Kier alpha value is -1.16. The van der Waals surface area contributed by atoms with Gasteiger partial charge in [0.2, 0.25) is 0 Å². The van der Waals surface area contributed by atoms with Gasteiger partial charge in [0.05, 0.1) is 0 Å². The fourth-order valence-corrected chi connectivity index (χ4v) is 2.80. The van der Waals surface area contributed by atoms with Crippen LogP contribution in [0.15, 0.2) is 53.0 Å². The number of hydrogen-bond donors (Lipinski definition) is 1. The second kappa shape index (κ2) is 7.58. The topological polar surface area (TPSA) is 15.3 Å². The molecule has 0 fully saturated rings. The molecular weight excluding hydrogens is 312 g/mol. The van der Waals surface area contributed by atoms with Crippen LogP contribution in [0.5, 0.6) is 0 Å². The summed E-state index contributed by atoms with van der Waals surface area (Å²) >= 11 is 3.52. The van der Waals surface area contributed by atoms with Gasteiger partial charge in [0.25, 0.3) is 0 Å². The molecule has 0 saturated carbocycles. The summed E-state index contributed by atoms with van der Waals surface area (Å²) in [5, 5.41) is 3.19. The van der Waals surface area contributed by atoms with Crippen LogP contribution in [0.1, 0.15) is 16.7 Å². The van der Waals surface area contributed by atoms with E-state index in [2.05, 4.69) is 81.7 Å². The SMILES string of the molecule is CNCc1cccc(CN(C)Cc2cccc(Br)c2)c1. The maximum absolute atomic E-state index is 3.52. The minimum Gasteiger partial charge on any atom is -0.316 e. The van der Waals surface area contributed by atoms with Gasteiger partial charge >= 0.3 is 0 Å². The van der Waals surface area contributed by atoms with Crippen LogP contribution in [0.2, 0.25) is 0 Å². The molecule has 0 bridgehead atoms. The molecular formula is C17H21BrN2. The van der Waals surface area contributed by atoms with E-state index in [0.717, 1.165) is 24.1 Å². The predicted molar refractivity (Wildman–Crippen MR) is 88.5 cm³/mol. The molecule has 2 nitrogen and oxygen atoms in total. The summed E-state index contributed by atoms with van der Waals surface area (Å²) in [5.74, 6) is 0. The third-order valence-electron chi connectivity index (χ3n) is 3.17. The number of nitrogens with one attached hydrogen (secondary N) is 1. The maximum Gasteiger partial charge on any atom is 0.0234 e. The van der Waals surface area contributed by atoms with Gasteiger partial charge in [-0.15, -0.1) is 0 Å². The first-order valence-electron chi connectivity index (χ1n) is 6.83. The molecule has 2 aromatic rings. The molecule has 0 radical (unpaired) electrons. The summed E-state index contributed by atoms with van der Waals surface area (Å²) in [6.07, 6.45) is 0. The van der Waals surface area contributed by atoms with E-state index in [0.29, 0.717) is 0 Å². The first kappa shape index (κ1) is 15.2. The zero-order chi connectivity index (χ0) is 14.4. The van der Waals surface area contributed by atoms with Gasteiger partial charge in [-0.2, -0.15) is 0 Å². The molecule has 0 atom stereocenters. The van der Waals surface area contributed by atoms with E-state index in [1.54, 1.807) is 0 Å². The lowest BCUT2D eigenvalue weighted by Gasteiger charge is -2.17. The summed E-state index contributed by atoms with van der Waals surface area (Å²) in [6.45, 7) is 2.84. The molecule has 1 N–H and O–H groups in total. The molecule has 0 heterocycles. The van der Waals surface area contributed by atoms with E-state index in [1.807, 2.05) is 7.05 Å². The van der Waals surface area contributed by atoms with Crippen LogP contribution in [0.4, 0.5) is 0 Å². The molecule has 0 aliphatic carbocycles. The Kier molecular flexibility index (Phi) is 5.77. The lowest BCUT2D eigenvalue weighted by Crippen LogP contribution is -2.17. The molecule has 0 amide bonds. The van der Waals surface area contributed by atoms with Gasteiger partial charge in [0, 0.05) is 24.1 Å². The van der Waals surface area contributed by atoms with Crippen LogP contribution in [-0.4, -0.2) is 19.0 Å². The standard InChI is InChI=1S/C17H21BrN2/c1-19-11-14-5-3-6-15(9-14)12-20(2)13-16-7-4-8-17(18)10-16/h3-10,19H,11-13H2,1-2H3. The highest BCUT2D eigenvalue weighted by molar-refractivity contribution is 9.10. The average Bonchev–Trinajstić information content (AvgIpc) is 2.39. The van der Waals surface area contributed by atoms with Crippen molar-refractivity contribution in [3.8, 4) is 0 Å². The van der Waals surface area contributed by atoms with Crippen molar-refractivity contribution in [1.29, 1.82) is 0 Å². The first-order chi connectivity index (χ1) is 9.67. The van der Waals surface area contributed by atoms with E-state index in [9.17, 15) is 0 Å². The Balaban J connectivity index is 1.97. The Bertz CT molecular complexity index is 554.